The molecular weight excluding hydrogens is 352 g/mol. The molecule has 0 nitrogen and oxygen atoms in total. The van der Waals surface area contributed by atoms with Crippen molar-refractivity contribution in [3.63, 3.8) is 0 Å². The molecule has 0 saturated heterocycles. The molecule has 0 aliphatic carbocycles. The van der Waals surface area contributed by atoms with Gasteiger partial charge in [0.05, 0.1) is 4.83 Å². The van der Waals surface area contributed by atoms with Crippen molar-refractivity contribution in [2.24, 2.45) is 0 Å². The average Bonchev–Trinajstić information content (AvgIpc) is 2.27. The van der Waals surface area contributed by atoms with Crippen molar-refractivity contribution in [3.8, 4) is 0 Å². The lowest BCUT2D eigenvalue weighted by atomic mass is 9.94. The summed E-state index contributed by atoms with van der Waals surface area (Å²) in [5.41, 5.74) is 6.64. The van der Waals surface area contributed by atoms with Crippen molar-refractivity contribution in [3.05, 3.63) is 68.7 Å². The minimum Gasteiger partial charge on any atom is -0.0786 e. The van der Waals surface area contributed by atoms with Gasteiger partial charge >= 0.3 is 0 Å². The molecule has 2 aromatic carbocycles. The van der Waals surface area contributed by atoms with Crippen LogP contribution in [0.15, 0.2) is 40.9 Å². The third-order valence-electron chi connectivity index (χ3n) is 3.17. The molecule has 0 aromatic heterocycles. The largest absolute Gasteiger partial charge is 0.0786 e. The van der Waals surface area contributed by atoms with Crippen LogP contribution in [0.1, 0.15) is 32.6 Å². The van der Waals surface area contributed by atoms with Gasteiger partial charge in [0.15, 0.2) is 0 Å². The molecule has 0 amide bonds. The first-order valence-electron chi connectivity index (χ1n) is 5.97. The van der Waals surface area contributed by atoms with Crippen LogP contribution in [0, 0.1) is 20.8 Å². The van der Waals surface area contributed by atoms with E-state index in [1.54, 1.807) is 0 Å². The van der Waals surface area contributed by atoms with Gasteiger partial charge in [-0.2, -0.15) is 0 Å². The van der Waals surface area contributed by atoms with E-state index in [0.29, 0.717) is 0 Å². The highest BCUT2D eigenvalue weighted by Gasteiger charge is 2.17. The van der Waals surface area contributed by atoms with E-state index in [0.717, 1.165) is 4.47 Å². The van der Waals surface area contributed by atoms with Gasteiger partial charge in [0.2, 0.25) is 0 Å². The Kier molecular flexibility index (Phi) is 4.29. The Morgan fingerprint density at radius 1 is 0.944 bits per heavy atom. The van der Waals surface area contributed by atoms with E-state index in [9.17, 15) is 0 Å². The normalized spacial score (nSPS) is 12.5. The Balaban J connectivity index is 2.53. The van der Waals surface area contributed by atoms with Crippen LogP contribution in [0.25, 0.3) is 0 Å². The average molecular weight is 368 g/mol. The molecule has 2 heteroatoms. The molecule has 2 aromatic rings. The topological polar surface area (TPSA) is 0 Å². The molecule has 0 N–H and O–H groups in total. The van der Waals surface area contributed by atoms with Gasteiger partial charge in [-0.05, 0) is 49.1 Å². The molecule has 1 atom stereocenters. The van der Waals surface area contributed by atoms with Crippen LogP contribution < -0.4 is 0 Å². The first-order valence-corrected chi connectivity index (χ1v) is 7.68. The zero-order valence-corrected chi connectivity index (χ0v) is 14.0. The predicted molar refractivity (Wildman–Crippen MR) is 85.6 cm³/mol. The van der Waals surface area contributed by atoms with E-state index in [4.69, 9.17) is 0 Å². The molecule has 0 heterocycles. The lowest BCUT2D eigenvalue weighted by Gasteiger charge is -2.18. The summed E-state index contributed by atoms with van der Waals surface area (Å²) >= 11 is 7.47. The van der Waals surface area contributed by atoms with Gasteiger partial charge in [0.25, 0.3) is 0 Å². The molecule has 0 saturated carbocycles. The van der Waals surface area contributed by atoms with Crippen molar-refractivity contribution < 1.29 is 0 Å². The minimum absolute atomic E-state index is 0.230. The lowest BCUT2D eigenvalue weighted by Crippen LogP contribution is -2.00. The quantitative estimate of drug-likeness (QED) is 0.583. The number of benzene rings is 2. The number of rotatable bonds is 2. The van der Waals surface area contributed by atoms with E-state index in [1.807, 2.05) is 6.07 Å². The van der Waals surface area contributed by atoms with Crippen LogP contribution in [0.5, 0.6) is 0 Å². The Morgan fingerprint density at radius 3 is 2.06 bits per heavy atom. The molecule has 0 fully saturated rings. The fraction of sp³-hybridized carbons (Fsp3) is 0.250. The summed E-state index contributed by atoms with van der Waals surface area (Å²) < 4.78 is 1.14. The monoisotopic (exact) mass is 366 g/mol. The summed E-state index contributed by atoms with van der Waals surface area (Å²) in [6, 6.07) is 12.8. The molecule has 2 rings (SSSR count). The standard InChI is InChI=1S/C16H16Br2/c1-10-8-11(2)15(12(3)9-10)16(18)13-6-4-5-7-14(13)17/h4-9,16H,1-3H3. The second-order valence-electron chi connectivity index (χ2n) is 4.70. The van der Waals surface area contributed by atoms with Crippen LogP contribution in [0.2, 0.25) is 0 Å². The molecule has 18 heavy (non-hydrogen) atoms. The van der Waals surface area contributed by atoms with Crippen molar-refractivity contribution in [2.75, 3.05) is 0 Å². The fourth-order valence-electron chi connectivity index (χ4n) is 2.43. The summed E-state index contributed by atoms with van der Waals surface area (Å²) in [5.74, 6) is 0. The van der Waals surface area contributed by atoms with E-state index in [1.165, 1.54) is 27.8 Å². The van der Waals surface area contributed by atoms with Gasteiger partial charge < -0.3 is 0 Å². The van der Waals surface area contributed by atoms with Crippen molar-refractivity contribution in [2.45, 2.75) is 25.6 Å². The SMILES string of the molecule is Cc1cc(C)c(C(Br)c2ccccc2Br)c(C)c1. The fourth-order valence-corrected chi connectivity index (χ4v) is 4.37. The summed E-state index contributed by atoms with van der Waals surface area (Å²) in [7, 11) is 0. The highest BCUT2D eigenvalue weighted by Crippen LogP contribution is 2.38. The molecule has 0 aliphatic heterocycles. The highest BCUT2D eigenvalue weighted by molar-refractivity contribution is 9.11. The second kappa shape index (κ2) is 5.58. The molecule has 0 bridgehead atoms. The maximum atomic E-state index is 3.84. The van der Waals surface area contributed by atoms with Crippen LogP contribution in [0.4, 0.5) is 0 Å². The number of aryl methyl sites for hydroxylation is 3. The Bertz CT molecular complexity index is 550. The zero-order valence-electron chi connectivity index (χ0n) is 10.8. The smallest absolute Gasteiger partial charge is 0.0660 e. The molecule has 0 spiro atoms. The molecular formula is C16H16Br2. The van der Waals surface area contributed by atoms with Crippen molar-refractivity contribution in [1.82, 2.24) is 0 Å². The third kappa shape index (κ3) is 2.70. The van der Waals surface area contributed by atoms with Gasteiger partial charge in [-0.25, -0.2) is 0 Å². The molecule has 1 unspecified atom stereocenters. The Labute approximate surface area is 126 Å². The third-order valence-corrected chi connectivity index (χ3v) is 4.84. The molecule has 0 aliphatic rings. The lowest BCUT2D eigenvalue weighted by molar-refractivity contribution is 1.09. The van der Waals surface area contributed by atoms with Crippen LogP contribution in [-0.4, -0.2) is 0 Å². The van der Waals surface area contributed by atoms with E-state index >= 15 is 0 Å². The summed E-state index contributed by atoms with van der Waals surface area (Å²) in [4.78, 5) is 0.230. The Hall–Kier alpha value is -0.600. The van der Waals surface area contributed by atoms with Gasteiger partial charge in [0, 0.05) is 4.47 Å². The van der Waals surface area contributed by atoms with Crippen LogP contribution in [0.3, 0.4) is 0 Å². The van der Waals surface area contributed by atoms with E-state index < -0.39 is 0 Å². The molecule has 94 valence electrons. The van der Waals surface area contributed by atoms with E-state index in [-0.39, 0.29) is 4.83 Å². The van der Waals surface area contributed by atoms with Gasteiger partial charge in [-0.1, -0.05) is 67.8 Å². The van der Waals surface area contributed by atoms with Crippen LogP contribution in [-0.2, 0) is 0 Å². The number of hydrogen-bond acceptors (Lipinski definition) is 0. The first-order chi connectivity index (χ1) is 8.50. The molecule has 0 radical (unpaired) electrons. The Morgan fingerprint density at radius 2 is 1.50 bits per heavy atom. The summed E-state index contributed by atoms with van der Waals surface area (Å²) in [6.45, 7) is 6.51. The van der Waals surface area contributed by atoms with E-state index in [2.05, 4.69) is 83.0 Å². The van der Waals surface area contributed by atoms with Crippen molar-refractivity contribution in [1.29, 1.82) is 0 Å². The minimum atomic E-state index is 0.230. The number of hydrogen-bond donors (Lipinski definition) is 0. The second-order valence-corrected chi connectivity index (χ2v) is 6.47. The zero-order chi connectivity index (χ0) is 13.3. The maximum Gasteiger partial charge on any atom is 0.0660 e. The maximum absolute atomic E-state index is 3.84. The number of alkyl halides is 1. The predicted octanol–water partition coefficient (Wildman–Crippen LogP) is 5.86. The van der Waals surface area contributed by atoms with Crippen LogP contribution >= 0.6 is 31.9 Å². The van der Waals surface area contributed by atoms with Gasteiger partial charge in [-0.3, -0.25) is 0 Å². The van der Waals surface area contributed by atoms with Crippen molar-refractivity contribution >= 4 is 31.9 Å². The number of halogens is 2. The summed E-state index contributed by atoms with van der Waals surface area (Å²) in [6.07, 6.45) is 0. The highest BCUT2D eigenvalue weighted by atomic mass is 79.9. The van der Waals surface area contributed by atoms with Gasteiger partial charge in [0.1, 0.15) is 0 Å². The van der Waals surface area contributed by atoms with Gasteiger partial charge in [-0.15, -0.1) is 0 Å². The summed E-state index contributed by atoms with van der Waals surface area (Å²) in [5, 5.41) is 0. The first kappa shape index (κ1) is 13.8.